The maximum absolute atomic E-state index is 13.5. The Bertz CT molecular complexity index is 1560. The smallest absolute Gasteiger partial charge is 0.349 e. The number of aromatic nitrogens is 3. The van der Waals surface area contributed by atoms with Crippen molar-refractivity contribution in [3.8, 4) is 5.69 Å². The lowest BCUT2D eigenvalue weighted by molar-refractivity contribution is -0.137. The normalized spacial score (nSPS) is 12.0. The summed E-state index contributed by atoms with van der Waals surface area (Å²) in [7, 11) is 0. The van der Waals surface area contributed by atoms with Crippen molar-refractivity contribution in [3.05, 3.63) is 99.3 Å². The van der Waals surface area contributed by atoms with Crippen molar-refractivity contribution in [2.75, 3.05) is 0 Å². The summed E-state index contributed by atoms with van der Waals surface area (Å²) < 4.78 is 41.3. The van der Waals surface area contributed by atoms with Crippen LogP contribution in [0.2, 0.25) is 5.02 Å². The Hall–Kier alpha value is -3.23. The fourth-order valence-corrected chi connectivity index (χ4v) is 4.94. The van der Waals surface area contributed by atoms with Gasteiger partial charge in [-0.25, -0.2) is 4.98 Å². The molecular weight excluding hydrogens is 471 g/mol. The van der Waals surface area contributed by atoms with E-state index in [4.69, 9.17) is 16.6 Å². The number of hydrogen-bond donors (Lipinski definition) is 1. The number of aromatic amines is 1. The van der Waals surface area contributed by atoms with Crippen LogP contribution in [0.4, 0.5) is 13.2 Å². The molecule has 4 nitrogen and oxygen atoms in total. The highest BCUT2D eigenvalue weighted by Crippen LogP contribution is 2.33. The predicted molar refractivity (Wildman–Crippen MR) is 125 cm³/mol. The van der Waals surface area contributed by atoms with Crippen LogP contribution in [0, 0.1) is 0 Å². The van der Waals surface area contributed by atoms with Gasteiger partial charge in [0, 0.05) is 21.7 Å². The van der Waals surface area contributed by atoms with Crippen LogP contribution in [0.3, 0.4) is 0 Å². The third-order valence-corrected chi connectivity index (χ3v) is 6.60. The van der Waals surface area contributed by atoms with Crippen molar-refractivity contribution >= 4 is 45.3 Å². The zero-order chi connectivity index (χ0) is 23.2. The van der Waals surface area contributed by atoms with E-state index in [1.807, 2.05) is 42.5 Å². The number of benzene rings is 3. The van der Waals surface area contributed by atoms with Crippen LogP contribution in [-0.2, 0) is 11.9 Å². The van der Waals surface area contributed by atoms with E-state index in [1.54, 1.807) is 6.07 Å². The number of para-hydroxylation sites is 1. The molecule has 166 valence electrons. The van der Waals surface area contributed by atoms with Gasteiger partial charge in [-0.05, 0) is 35.9 Å². The number of hydrogen-bond acceptors (Lipinski definition) is 3. The molecular formula is C24H15ClF3N3OS. The Morgan fingerprint density at radius 1 is 1.00 bits per heavy atom. The Morgan fingerprint density at radius 2 is 1.76 bits per heavy atom. The second-order valence-electron chi connectivity index (χ2n) is 7.36. The molecule has 0 aliphatic carbocycles. The first-order valence-electron chi connectivity index (χ1n) is 9.90. The van der Waals surface area contributed by atoms with Crippen molar-refractivity contribution < 1.29 is 13.2 Å². The Labute approximate surface area is 195 Å². The lowest BCUT2D eigenvalue weighted by Crippen LogP contribution is -2.22. The summed E-state index contributed by atoms with van der Waals surface area (Å²) >= 11 is 7.51. The van der Waals surface area contributed by atoms with Gasteiger partial charge in [0.05, 0.1) is 11.3 Å². The molecule has 0 bridgehead atoms. The molecule has 0 aliphatic heterocycles. The molecule has 9 heteroatoms. The van der Waals surface area contributed by atoms with Crippen LogP contribution in [-0.4, -0.2) is 14.5 Å². The van der Waals surface area contributed by atoms with Crippen molar-refractivity contribution in [1.29, 1.82) is 0 Å². The number of rotatable bonds is 4. The van der Waals surface area contributed by atoms with Crippen LogP contribution in [0.1, 0.15) is 11.1 Å². The first-order valence-corrected chi connectivity index (χ1v) is 11.3. The molecule has 0 saturated heterocycles. The minimum Gasteiger partial charge on any atom is -0.349 e. The van der Waals surface area contributed by atoms with Gasteiger partial charge in [0.15, 0.2) is 5.16 Å². The average Bonchev–Trinajstić information content (AvgIpc) is 3.17. The van der Waals surface area contributed by atoms with Gasteiger partial charge >= 0.3 is 6.18 Å². The van der Waals surface area contributed by atoms with E-state index in [0.29, 0.717) is 16.3 Å². The summed E-state index contributed by atoms with van der Waals surface area (Å²) in [6, 6.07) is 19.3. The largest absolute Gasteiger partial charge is 0.416 e. The molecule has 3 aromatic carbocycles. The molecule has 0 atom stereocenters. The van der Waals surface area contributed by atoms with Gasteiger partial charge < -0.3 is 4.98 Å². The van der Waals surface area contributed by atoms with Gasteiger partial charge in [-0.2, -0.15) is 13.2 Å². The third kappa shape index (κ3) is 4.00. The van der Waals surface area contributed by atoms with Gasteiger partial charge in [0.2, 0.25) is 0 Å². The molecule has 5 aromatic rings. The predicted octanol–water partition coefficient (Wildman–Crippen LogP) is 6.83. The Balaban J connectivity index is 1.73. The average molecular weight is 486 g/mol. The fraction of sp³-hybridized carbons (Fsp3) is 0.0833. The Morgan fingerprint density at radius 3 is 2.55 bits per heavy atom. The number of thioether (sulfide) groups is 1. The molecule has 0 saturated carbocycles. The fourth-order valence-electron chi connectivity index (χ4n) is 3.65. The summed E-state index contributed by atoms with van der Waals surface area (Å²) in [5.74, 6) is 0.388. The van der Waals surface area contributed by atoms with E-state index in [-0.39, 0.29) is 16.4 Å². The van der Waals surface area contributed by atoms with E-state index in [2.05, 4.69) is 4.98 Å². The zero-order valence-corrected chi connectivity index (χ0v) is 18.4. The zero-order valence-electron chi connectivity index (χ0n) is 16.9. The van der Waals surface area contributed by atoms with Crippen LogP contribution in [0.5, 0.6) is 0 Å². The number of alkyl halides is 3. The number of nitrogens with zero attached hydrogens (tertiary/aromatic N) is 2. The van der Waals surface area contributed by atoms with Crippen LogP contribution in [0.25, 0.3) is 27.6 Å². The molecule has 2 aromatic heterocycles. The van der Waals surface area contributed by atoms with Gasteiger partial charge in [0.1, 0.15) is 11.0 Å². The maximum Gasteiger partial charge on any atom is 0.416 e. The molecule has 1 N–H and O–H groups in total. The highest BCUT2D eigenvalue weighted by Gasteiger charge is 2.31. The van der Waals surface area contributed by atoms with Crippen LogP contribution < -0.4 is 5.56 Å². The van der Waals surface area contributed by atoms with Gasteiger partial charge in [-0.15, -0.1) is 0 Å². The number of fused-ring (bicyclic) bond motifs is 3. The molecule has 0 unspecified atom stereocenters. The quantitative estimate of drug-likeness (QED) is 0.224. The summed E-state index contributed by atoms with van der Waals surface area (Å²) in [5.41, 5.74) is 1.03. The monoisotopic (exact) mass is 485 g/mol. The third-order valence-electron chi connectivity index (χ3n) is 5.24. The van der Waals surface area contributed by atoms with Gasteiger partial charge in [-0.1, -0.05) is 65.8 Å². The lowest BCUT2D eigenvalue weighted by Gasteiger charge is -2.14. The molecule has 0 amide bonds. The molecule has 0 fully saturated rings. The van der Waals surface area contributed by atoms with E-state index in [9.17, 15) is 18.0 Å². The molecule has 33 heavy (non-hydrogen) atoms. The number of halogens is 4. The highest BCUT2D eigenvalue weighted by atomic mass is 35.5. The second kappa shape index (κ2) is 8.28. The van der Waals surface area contributed by atoms with Crippen molar-refractivity contribution in [2.45, 2.75) is 17.1 Å². The van der Waals surface area contributed by atoms with Crippen molar-refractivity contribution in [3.63, 3.8) is 0 Å². The molecule has 0 aliphatic rings. The highest BCUT2D eigenvalue weighted by molar-refractivity contribution is 7.98. The summed E-state index contributed by atoms with van der Waals surface area (Å²) in [6.45, 7) is 0. The maximum atomic E-state index is 13.5. The summed E-state index contributed by atoms with van der Waals surface area (Å²) in [4.78, 5) is 21.3. The standard InChI is InChI=1S/C24H15ClF3N3OS/c25-18-10-3-1-6-14(18)13-33-23-30-20-17-9-2-4-11-19(17)29-21(20)22(32)31(23)16-8-5-7-15(12-16)24(26,27)28/h1-12,29H,13H2. The van der Waals surface area contributed by atoms with E-state index in [1.165, 1.54) is 28.5 Å². The number of H-pyrrole nitrogens is 1. The summed E-state index contributed by atoms with van der Waals surface area (Å²) in [6.07, 6.45) is -4.54. The van der Waals surface area contributed by atoms with Crippen LogP contribution in [0.15, 0.2) is 82.7 Å². The summed E-state index contributed by atoms with van der Waals surface area (Å²) in [5, 5.41) is 1.60. The lowest BCUT2D eigenvalue weighted by atomic mass is 10.2. The first kappa shape index (κ1) is 21.6. The first-order chi connectivity index (χ1) is 15.8. The van der Waals surface area contributed by atoms with Gasteiger partial charge in [0.25, 0.3) is 5.56 Å². The number of nitrogens with one attached hydrogen (secondary N) is 1. The topological polar surface area (TPSA) is 50.7 Å². The second-order valence-corrected chi connectivity index (χ2v) is 8.71. The Kier molecular flexibility index (Phi) is 5.42. The van der Waals surface area contributed by atoms with E-state index < -0.39 is 17.3 Å². The van der Waals surface area contributed by atoms with Gasteiger partial charge in [-0.3, -0.25) is 9.36 Å². The molecule has 2 heterocycles. The minimum absolute atomic E-state index is 0.0875. The SMILES string of the molecule is O=c1c2[nH]c3ccccc3c2nc(SCc2ccccc2Cl)n1-c1cccc(C(F)(F)F)c1. The van der Waals surface area contributed by atoms with E-state index in [0.717, 1.165) is 28.6 Å². The van der Waals surface area contributed by atoms with Crippen LogP contribution >= 0.6 is 23.4 Å². The van der Waals surface area contributed by atoms with Crippen molar-refractivity contribution in [2.24, 2.45) is 0 Å². The molecule has 0 radical (unpaired) electrons. The molecule has 0 spiro atoms. The van der Waals surface area contributed by atoms with E-state index >= 15 is 0 Å². The van der Waals surface area contributed by atoms with Crippen molar-refractivity contribution in [1.82, 2.24) is 14.5 Å². The molecule has 5 rings (SSSR count). The minimum atomic E-state index is -4.54.